The standard InChI is InChI=1S/C8H15BrO2/c9-6-7(10)5-8-3-1-2-4-11-8/h7-8,10H,1-6H2. The molecule has 0 bridgehead atoms. The van der Waals surface area contributed by atoms with Crippen molar-refractivity contribution in [2.24, 2.45) is 0 Å². The predicted molar refractivity (Wildman–Crippen MR) is 48.0 cm³/mol. The fourth-order valence-electron chi connectivity index (χ4n) is 1.36. The molecule has 66 valence electrons. The molecule has 3 heteroatoms. The van der Waals surface area contributed by atoms with Gasteiger partial charge in [-0.2, -0.15) is 0 Å². The predicted octanol–water partition coefficient (Wildman–Crippen LogP) is 1.70. The summed E-state index contributed by atoms with van der Waals surface area (Å²) < 4.78 is 5.47. The molecule has 0 aliphatic carbocycles. The SMILES string of the molecule is OC(CBr)CC1CCCCO1. The minimum atomic E-state index is -0.238. The molecule has 1 aliphatic rings. The average Bonchev–Trinajstić information content (AvgIpc) is 2.06. The number of rotatable bonds is 3. The lowest BCUT2D eigenvalue weighted by atomic mass is 10.0. The van der Waals surface area contributed by atoms with Crippen molar-refractivity contribution < 1.29 is 9.84 Å². The van der Waals surface area contributed by atoms with Gasteiger partial charge in [-0.1, -0.05) is 15.9 Å². The molecule has 0 aromatic rings. The summed E-state index contributed by atoms with van der Waals surface area (Å²) in [6.45, 7) is 0.875. The van der Waals surface area contributed by atoms with Crippen LogP contribution >= 0.6 is 15.9 Å². The highest BCUT2D eigenvalue weighted by atomic mass is 79.9. The molecule has 0 spiro atoms. The zero-order chi connectivity index (χ0) is 8.10. The van der Waals surface area contributed by atoms with E-state index in [1.54, 1.807) is 0 Å². The molecular formula is C8H15BrO2. The van der Waals surface area contributed by atoms with Crippen LogP contribution in [-0.2, 0) is 4.74 Å². The lowest BCUT2D eigenvalue weighted by Crippen LogP contribution is -2.25. The van der Waals surface area contributed by atoms with Gasteiger partial charge in [-0.25, -0.2) is 0 Å². The smallest absolute Gasteiger partial charge is 0.0661 e. The van der Waals surface area contributed by atoms with E-state index in [1.165, 1.54) is 12.8 Å². The molecule has 0 aromatic heterocycles. The van der Waals surface area contributed by atoms with Gasteiger partial charge in [-0.3, -0.25) is 0 Å². The third-order valence-electron chi connectivity index (χ3n) is 1.99. The van der Waals surface area contributed by atoms with Gasteiger partial charge < -0.3 is 9.84 Å². The molecule has 1 saturated heterocycles. The van der Waals surface area contributed by atoms with Crippen LogP contribution in [-0.4, -0.2) is 29.3 Å². The summed E-state index contributed by atoms with van der Waals surface area (Å²) in [5.74, 6) is 0. The highest BCUT2D eigenvalue weighted by Crippen LogP contribution is 2.17. The fraction of sp³-hybridized carbons (Fsp3) is 1.00. The molecule has 1 fully saturated rings. The van der Waals surface area contributed by atoms with Crippen molar-refractivity contribution in [3.63, 3.8) is 0 Å². The van der Waals surface area contributed by atoms with Crippen LogP contribution in [0.2, 0.25) is 0 Å². The first-order valence-electron chi connectivity index (χ1n) is 4.18. The second kappa shape index (κ2) is 5.12. The molecule has 1 N–H and O–H groups in total. The first-order chi connectivity index (χ1) is 5.33. The van der Waals surface area contributed by atoms with E-state index in [4.69, 9.17) is 4.74 Å². The molecule has 2 atom stereocenters. The highest BCUT2D eigenvalue weighted by Gasteiger charge is 2.16. The molecule has 0 saturated carbocycles. The van der Waals surface area contributed by atoms with Gasteiger partial charge in [0, 0.05) is 18.4 Å². The van der Waals surface area contributed by atoms with Gasteiger partial charge in [0.2, 0.25) is 0 Å². The van der Waals surface area contributed by atoms with Crippen LogP contribution in [0.5, 0.6) is 0 Å². The summed E-state index contributed by atoms with van der Waals surface area (Å²) in [7, 11) is 0. The van der Waals surface area contributed by atoms with Gasteiger partial charge >= 0.3 is 0 Å². The molecule has 0 radical (unpaired) electrons. The Morgan fingerprint density at radius 1 is 1.55 bits per heavy atom. The van der Waals surface area contributed by atoms with Crippen molar-refractivity contribution in [3.8, 4) is 0 Å². The van der Waals surface area contributed by atoms with Crippen LogP contribution in [0.3, 0.4) is 0 Å². The Labute approximate surface area is 76.1 Å². The van der Waals surface area contributed by atoms with Gasteiger partial charge in [-0.15, -0.1) is 0 Å². The van der Waals surface area contributed by atoms with Gasteiger partial charge in [-0.05, 0) is 19.3 Å². The van der Waals surface area contributed by atoms with Gasteiger partial charge in [0.15, 0.2) is 0 Å². The summed E-state index contributed by atoms with van der Waals surface area (Å²) in [6, 6.07) is 0. The summed E-state index contributed by atoms with van der Waals surface area (Å²) in [4.78, 5) is 0. The number of aliphatic hydroxyl groups excluding tert-OH is 1. The summed E-state index contributed by atoms with van der Waals surface area (Å²) in [5, 5.41) is 9.94. The van der Waals surface area contributed by atoms with Crippen LogP contribution in [0, 0.1) is 0 Å². The number of hydrogen-bond donors (Lipinski definition) is 1. The maximum atomic E-state index is 9.28. The number of ether oxygens (including phenoxy) is 1. The fourth-order valence-corrected chi connectivity index (χ4v) is 1.62. The lowest BCUT2D eigenvalue weighted by Gasteiger charge is -2.23. The Balaban J connectivity index is 2.13. The van der Waals surface area contributed by atoms with E-state index in [0.717, 1.165) is 19.4 Å². The van der Waals surface area contributed by atoms with Gasteiger partial charge in [0.1, 0.15) is 0 Å². The van der Waals surface area contributed by atoms with E-state index >= 15 is 0 Å². The second-order valence-corrected chi connectivity index (χ2v) is 3.68. The Kier molecular flexibility index (Phi) is 4.41. The molecule has 2 nitrogen and oxygen atoms in total. The van der Waals surface area contributed by atoms with Crippen LogP contribution in [0.15, 0.2) is 0 Å². The van der Waals surface area contributed by atoms with E-state index in [-0.39, 0.29) is 6.10 Å². The minimum Gasteiger partial charge on any atom is -0.392 e. The Morgan fingerprint density at radius 3 is 2.91 bits per heavy atom. The van der Waals surface area contributed by atoms with Crippen molar-refractivity contribution in [3.05, 3.63) is 0 Å². The summed E-state index contributed by atoms with van der Waals surface area (Å²) in [6.07, 6.45) is 4.39. The van der Waals surface area contributed by atoms with E-state index in [1.807, 2.05) is 0 Å². The maximum absolute atomic E-state index is 9.28. The van der Waals surface area contributed by atoms with Crippen molar-refractivity contribution >= 4 is 15.9 Å². The average molecular weight is 223 g/mol. The monoisotopic (exact) mass is 222 g/mol. The zero-order valence-electron chi connectivity index (χ0n) is 6.63. The molecule has 0 amide bonds. The molecule has 2 unspecified atom stereocenters. The summed E-state index contributed by atoms with van der Waals surface area (Å²) in [5.41, 5.74) is 0. The third-order valence-corrected chi connectivity index (χ3v) is 2.73. The molecule has 1 aliphatic heterocycles. The van der Waals surface area contributed by atoms with Gasteiger partial charge in [0.05, 0.1) is 12.2 Å². The van der Waals surface area contributed by atoms with E-state index < -0.39 is 0 Å². The van der Waals surface area contributed by atoms with Crippen LogP contribution in [0.25, 0.3) is 0 Å². The van der Waals surface area contributed by atoms with Crippen LogP contribution in [0.1, 0.15) is 25.7 Å². The van der Waals surface area contributed by atoms with Crippen LogP contribution < -0.4 is 0 Å². The molecule has 0 aromatic carbocycles. The largest absolute Gasteiger partial charge is 0.392 e. The van der Waals surface area contributed by atoms with E-state index in [0.29, 0.717) is 11.4 Å². The molecule has 1 heterocycles. The van der Waals surface area contributed by atoms with Crippen molar-refractivity contribution in [2.45, 2.75) is 37.9 Å². The Hall–Kier alpha value is 0.400. The summed E-state index contributed by atoms with van der Waals surface area (Å²) >= 11 is 3.24. The lowest BCUT2D eigenvalue weighted by molar-refractivity contribution is -0.0106. The number of halogens is 1. The quantitative estimate of drug-likeness (QED) is 0.738. The second-order valence-electron chi connectivity index (χ2n) is 3.03. The number of hydrogen-bond acceptors (Lipinski definition) is 2. The molecular weight excluding hydrogens is 208 g/mol. The van der Waals surface area contributed by atoms with Crippen molar-refractivity contribution in [2.75, 3.05) is 11.9 Å². The number of aliphatic hydroxyl groups is 1. The highest BCUT2D eigenvalue weighted by molar-refractivity contribution is 9.09. The van der Waals surface area contributed by atoms with Crippen molar-refractivity contribution in [1.29, 1.82) is 0 Å². The van der Waals surface area contributed by atoms with E-state index in [9.17, 15) is 5.11 Å². The Morgan fingerprint density at radius 2 is 2.36 bits per heavy atom. The van der Waals surface area contributed by atoms with Gasteiger partial charge in [0.25, 0.3) is 0 Å². The zero-order valence-corrected chi connectivity index (χ0v) is 8.22. The van der Waals surface area contributed by atoms with Crippen LogP contribution in [0.4, 0.5) is 0 Å². The maximum Gasteiger partial charge on any atom is 0.0661 e. The topological polar surface area (TPSA) is 29.5 Å². The number of alkyl halides is 1. The third kappa shape index (κ3) is 3.54. The van der Waals surface area contributed by atoms with E-state index in [2.05, 4.69) is 15.9 Å². The molecule has 1 rings (SSSR count). The minimum absolute atomic E-state index is 0.238. The Bertz CT molecular complexity index is 102. The first kappa shape index (κ1) is 9.49. The molecule has 11 heavy (non-hydrogen) atoms. The van der Waals surface area contributed by atoms with Crippen molar-refractivity contribution in [1.82, 2.24) is 0 Å². The normalized spacial score (nSPS) is 28.4. The first-order valence-corrected chi connectivity index (χ1v) is 5.30.